The van der Waals surface area contributed by atoms with Crippen molar-refractivity contribution >= 4 is 23.3 Å². The molecule has 23 heavy (non-hydrogen) atoms. The lowest BCUT2D eigenvalue weighted by atomic mass is 10.1. The summed E-state index contributed by atoms with van der Waals surface area (Å²) in [5, 5.41) is 5.00. The minimum Gasteiger partial charge on any atom is -0.348 e. The summed E-state index contributed by atoms with van der Waals surface area (Å²) in [6, 6.07) is 12.4. The van der Waals surface area contributed by atoms with Crippen molar-refractivity contribution in [2.75, 3.05) is 13.1 Å². The second-order valence-electron chi connectivity index (χ2n) is 5.97. The summed E-state index contributed by atoms with van der Waals surface area (Å²) < 4.78 is 0. The van der Waals surface area contributed by atoms with Crippen LogP contribution >= 0.6 is 11.3 Å². The van der Waals surface area contributed by atoms with Crippen LogP contribution < -0.4 is 10.2 Å². The number of likely N-dealkylation sites (tertiary alicyclic amines) is 1. The Morgan fingerprint density at radius 1 is 1.13 bits per heavy atom. The second kappa shape index (κ2) is 8.09. The highest BCUT2D eigenvalue weighted by atomic mass is 32.1. The van der Waals surface area contributed by atoms with E-state index in [-0.39, 0.29) is 5.91 Å². The van der Waals surface area contributed by atoms with Crippen LogP contribution in [0.5, 0.6) is 0 Å². The molecule has 1 aliphatic rings. The van der Waals surface area contributed by atoms with E-state index in [9.17, 15) is 4.79 Å². The van der Waals surface area contributed by atoms with Gasteiger partial charge in [0.25, 0.3) is 0 Å². The Balaban J connectivity index is 1.56. The van der Waals surface area contributed by atoms with Crippen molar-refractivity contribution in [2.45, 2.75) is 25.9 Å². The predicted molar refractivity (Wildman–Crippen MR) is 95.3 cm³/mol. The van der Waals surface area contributed by atoms with Crippen molar-refractivity contribution in [3.63, 3.8) is 0 Å². The molecule has 0 aliphatic carbocycles. The van der Waals surface area contributed by atoms with Crippen LogP contribution in [-0.4, -0.2) is 19.0 Å². The van der Waals surface area contributed by atoms with Crippen molar-refractivity contribution in [3.8, 4) is 0 Å². The van der Waals surface area contributed by atoms with Crippen LogP contribution in [0.25, 0.3) is 6.08 Å². The van der Waals surface area contributed by atoms with E-state index >= 15 is 0 Å². The molecular weight excluding hydrogens is 304 g/mol. The quantitative estimate of drug-likeness (QED) is 0.784. The maximum atomic E-state index is 12.0. The Kier molecular flexibility index (Phi) is 5.61. The van der Waals surface area contributed by atoms with Crippen LogP contribution in [-0.2, 0) is 17.9 Å². The number of carbonyl (C=O) groups is 1. The van der Waals surface area contributed by atoms with E-state index in [1.54, 1.807) is 22.3 Å². The number of benzene rings is 1. The number of hydrogen-bond acceptors (Lipinski definition) is 2. The summed E-state index contributed by atoms with van der Waals surface area (Å²) in [6.45, 7) is 4.20. The molecule has 0 bridgehead atoms. The van der Waals surface area contributed by atoms with E-state index in [0.29, 0.717) is 6.54 Å². The summed E-state index contributed by atoms with van der Waals surface area (Å²) in [5.41, 5.74) is 2.58. The van der Waals surface area contributed by atoms with Crippen molar-refractivity contribution < 1.29 is 9.69 Å². The standard InChI is InChI=1S/C19H22N2OS/c22-19(10-9-18-8-5-13-23-18)20-14-16-6-1-2-7-17(16)15-21-11-3-4-12-21/h1-2,5-10,13H,3-4,11-12,14-15H2,(H,20,22)/p+1/b10-9+. The molecule has 0 saturated carbocycles. The number of carbonyl (C=O) groups excluding carboxylic acids is 1. The molecule has 120 valence electrons. The Morgan fingerprint density at radius 3 is 2.65 bits per heavy atom. The maximum absolute atomic E-state index is 12.0. The number of amides is 1. The average molecular weight is 327 g/mol. The summed E-state index contributed by atoms with van der Waals surface area (Å²) in [4.78, 5) is 14.7. The van der Waals surface area contributed by atoms with E-state index in [1.165, 1.54) is 37.1 Å². The highest BCUT2D eigenvalue weighted by Gasteiger charge is 2.17. The molecule has 4 heteroatoms. The molecule has 3 nitrogen and oxygen atoms in total. The molecule has 1 aromatic carbocycles. The summed E-state index contributed by atoms with van der Waals surface area (Å²) in [7, 11) is 0. The Labute approximate surface area is 141 Å². The highest BCUT2D eigenvalue weighted by molar-refractivity contribution is 7.10. The predicted octanol–water partition coefficient (Wildman–Crippen LogP) is 2.26. The third kappa shape index (κ3) is 4.78. The summed E-state index contributed by atoms with van der Waals surface area (Å²) >= 11 is 1.63. The first-order valence-corrected chi connectivity index (χ1v) is 9.09. The van der Waals surface area contributed by atoms with Gasteiger partial charge in [0.1, 0.15) is 6.54 Å². The lowest BCUT2D eigenvalue weighted by molar-refractivity contribution is -0.901. The Morgan fingerprint density at radius 2 is 1.91 bits per heavy atom. The van der Waals surface area contributed by atoms with Gasteiger partial charge in [0, 0.05) is 35.9 Å². The normalized spacial score (nSPS) is 15.3. The zero-order valence-corrected chi connectivity index (χ0v) is 14.1. The zero-order valence-electron chi connectivity index (χ0n) is 13.3. The van der Waals surface area contributed by atoms with Gasteiger partial charge in [-0.3, -0.25) is 4.79 Å². The van der Waals surface area contributed by atoms with Crippen molar-refractivity contribution in [1.82, 2.24) is 5.32 Å². The van der Waals surface area contributed by atoms with E-state index in [4.69, 9.17) is 0 Å². The minimum atomic E-state index is -0.0401. The lowest BCUT2D eigenvalue weighted by Crippen LogP contribution is -3.08. The molecule has 1 fully saturated rings. The summed E-state index contributed by atoms with van der Waals surface area (Å²) in [5.74, 6) is -0.0401. The van der Waals surface area contributed by atoms with Gasteiger partial charge in [-0.05, 0) is 23.1 Å². The van der Waals surface area contributed by atoms with Crippen LogP contribution in [0.2, 0.25) is 0 Å². The van der Waals surface area contributed by atoms with Gasteiger partial charge >= 0.3 is 0 Å². The minimum absolute atomic E-state index is 0.0401. The number of hydrogen-bond donors (Lipinski definition) is 2. The SMILES string of the molecule is O=C(/C=C/c1cccs1)NCc1ccccc1C[NH+]1CCCC1. The molecule has 1 saturated heterocycles. The number of quaternary nitrogens is 1. The fraction of sp³-hybridized carbons (Fsp3) is 0.316. The first-order valence-electron chi connectivity index (χ1n) is 8.21. The molecule has 0 unspecified atom stereocenters. The van der Waals surface area contributed by atoms with Crippen molar-refractivity contribution in [1.29, 1.82) is 0 Å². The van der Waals surface area contributed by atoms with Gasteiger partial charge < -0.3 is 10.2 Å². The monoisotopic (exact) mass is 327 g/mol. The van der Waals surface area contributed by atoms with Crippen molar-refractivity contribution in [3.05, 3.63) is 63.9 Å². The van der Waals surface area contributed by atoms with E-state index in [1.807, 2.05) is 29.7 Å². The molecule has 0 spiro atoms. The topological polar surface area (TPSA) is 33.5 Å². The molecule has 0 radical (unpaired) electrons. The summed E-state index contributed by atoms with van der Waals surface area (Å²) in [6.07, 6.45) is 6.14. The van der Waals surface area contributed by atoms with Gasteiger partial charge in [-0.25, -0.2) is 0 Å². The molecule has 0 atom stereocenters. The van der Waals surface area contributed by atoms with E-state index in [2.05, 4.69) is 23.5 Å². The molecular formula is C19H23N2OS+. The lowest BCUT2D eigenvalue weighted by Gasteiger charge is -2.15. The van der Waals surface area contributed by atoms with Gasteiger partial charge in [-0.15, -0.1) is 11.3 Å². The third-order valence-electron chi connectivity index (χ3n) is 4.26. The molecule has 2 N–H and O–H groups in total. The molecule has 3 rings (SSSR count). The first kappa shape index (κ1) is 16.0. The van der Waals surface area contributed by atoms with Crippen LogP contribution in [0.3, 0.4) is 0 Å². The molecule has 2 aromatic rings. The van der Waals surface area contributed by atoms with Gasteiger partial charge in [0.05, 0.1) is 13.1 Å². The molecule has 1 amide bonds. The van der Waals surface area contributed by atoms with Crippen LogP contribution in [0.1, 0.15) is 28.8 Å². The number of thiophene rings is 1. The highest BCUT2D eigenvalue weighted by Crippen LogP contribution is 2.10. The van der Waals surface area contributed by atoms with E-state index < -0.39 is 0 Å². The fourth-order valence-electron chi connectivity index (χ4n) is 3.01. The Bertz CT molecular complexity index is 658. The van der Waals surface area contributed by atoms with Crippen molar-refractivity contribution in [2.24, 2.45) is 0 Å². The van der Waals surface area contributed by atoms with Gasteiger partial charge in [0.2, 0.25) is 5.91 Å². The third-order valence-corrected chi connectivity index (χ3v) is 5.10. The van der Waals surface area contributed by atoms with Gasteiger partial charge in [-0.1, -0.05) is 30.3 Å². The second-order valence-corrected chi connectivity index (χ2v) is 6.95. The van der Waals surface area contributed by atoms with Crippen LogP contribution in [0.15, 0.2) is 47.9 Å². The Hall–Kier alpha value is -1.91. The van der Waals surface area contributed by atoms with Crippen LogP contribution in [0, 0.1) is 0 Å². The largest absolute Gasteiger partial charge is 0.348 e. The molecule has 1 aromatic heterocycles. The number of nitrogens with one attached hydrogen (secondary N) is 2. The maximum Gasteiger partial charge on any atom is 0.244 e. The fourth-order valence-corrected chi connectivity index (χ4v) is 3.63. The van der Waals surface area contributed by atoms with E-state index in [0.717, 1.165) is 11.4 Å². The van der Waals surface area contributed by atoms with Gasteiger partial charge in [-0.2, -0.15) is 0 Å². The smallest absolute Gasteiger partial charge is 0.244 e. The number of rotatable bonds is 6. The van der Waals surface area contributed by atoms with Crippen LogP contribution in [0.4, 0.5) is 0 Å². The average Bonchev–Trinajstić information content (AvgIpc) is 3.25. The van der Waals surface area contributed by atoms with Gasteiger partial charge in [0.15, 0.2) is 0 Å². The molecule has 2 heterocycles. The zero-order chi connectivity index (χ0) is 15.9. The molecule has 1 aliphatic heterocycles. The first-order chi connectivity index (χ1) is 11.3.